The normalized spacial score (nSPS) is 25.5. The number of hydrogen-bond acceptors (Lipinski definition) is 3. The summed E-state index contributed by atoms with van der Waals surface area (Å²) < 4.78 is 5.16. The lowest BCUT2D eigenvalue weighted by molar-refractivity contribution is 0.121. The Labute approximate surface area is 62.1 Å². The van der Waals surface area contributed by atoms with Crippen molar-refractivity contribution in [3.05, 3.63) is 0 Å². The Bertz CT molecular complexity index is 81.7. The maximum atomic E-state index is 5.16. The minimum Gasteiger partial charge on any atom is -0.367 e. The lowest BCUT2D eigenvalue weighted by Crippen LogP contribution is -2.32. The van der Waals surface area contributed by atoms with Crippen LogP contribution in [0.2, 0.25) is 0 Å². The van der Waals surface area contributed by atoms with Gasteiger partial charge in [0.05, 0.1) is 6.73 Å². The van der Waals surface area contributed by atoms with E-state index in [1.807, 2.05) is 6.92 Å². The van der Waals surface area contributed by atoms with E-state index >= 15 is 0 Å². The molecule has 0 spiro atoms. The van der Waals surface area contributed by atoms with E-state index in [2.05, 4.69) is 10.6 Å². The van der Waals surface area contributed by atoms with Gasteiger partial charge in [0.15, 0.2) is 0 Å². The van der Waals surface area contributed by atoms with E-state index in [0.717, 1.165) is 19.7 Å². The summed E-state index contributed by atoms with van der Waals surface area (Å²) in [7, 11) is 0. The molecular formula is C7H16N2O. The molecule has 2 N–H and O–H groups in total. The van der Waals surface area contributed by atoms with Crippen LogP contribution in [0.1, 0.15) is 13.3 Å². The van der Waals surface area contributed by atoms with Crippen molar-refractivity contribution in [2.75, 3.05) is 26.4 Å². The highest BCUT2D eigenvalue weighted by molar-refractivity contribution is 4.75. The van der Waals surface area contributed by atoms with Crippen molar-refractivity contribution in [1.82, 2.24) is 10.6 Å². The first kappa shape index (κ1) is 7.98. The van der Waals surface area contributed by atoms with E-state index in [1.165, 1.54) is 6.42 Å². The van der Waals surface area contributed by atoms with Crippen LogP contribution < -0.4 is 10.6 Å². The SMILES string of the molecule is CCOCNC1CCNC1. The zero-order valence-corrected chi connectivity index (χ0v) is 6.52. The molecule has 60 valence electrons. The summed E-state index contributed by atoms with van der Waals surface area (Å²) in [6.45, 7) is 5.74. The first-order chi connectivity index (χ1) is 4.93. The van der Waals surface area contributed by atoms with Gasteiger partial charge in [0.1, 0.15) is 0 Å². The largest absolute Gasteiger partial charge is 0.367 e. The number of nitrogens with one attached hydrogen (secondary N) is 2. The first-order valence-electron chi connectivity index (χ1n) is 3.95. The minimum absolute atomic E-state index is 0.631. The van der Waals surface area contributed by atoms with Crippen LogP contribution in [0.4, 0.5) is 0 Å². The van der Waals surface area contributed by atoms with Crippen LogP contribution in [0.5, 0.6) is 0 Å². The van der Waals surface area contributed by atoms with E-state index in [1.54, 1.807) is 0 Å². The number of hydrogen-bond donors (Lipinski definition) is 2. The smallest absolute Gasteiger partial charge is 0.0967 e. The predicted molar refractivity (Wildman–Crippen MR) is 40.9 cm³/mol. The minimum atomic E-state index is 0.631. The molecule has 1 rings (SSSR count). The Morgan fingerprint density at radius 2 is 2.60 bits per heavy atom. The fraction of sp³-hybridized carbons (Fsp3) is 1.00. The molecule has 1 atom stereocenters. The van der Waals surface area contributed by atoms with Crippen LogP contribution in [-0.2, 0) is 4.74 Å². The third-order valence-electron chi connectivity index (χ3n) is 1.74. The van der Waals surface area contributed by atoms with Gasteiger partial charge in [-0.1, -0.05) is 0 Å². The quantitative estimate of drug-likeness (QED) is 0.428. The van der Waals surface area contributed by atoms with Crippen molar-refractivity contribution in [3.8, 4) is 0 Å². The van der Waals surface area contributed by atoms with E-state index in [9.17, 15) is 0 Å². The van der Waals surface area contributed by atoms with Crippen LogP contribution in [0.15, 0.2) is 0 Å². The molecule has 1 aliphatic rings. The summed E-state index contributed by atoms with van der Waals surface area (Å²) in [6, 6.07) is 0.631. The van der Waals surface area contributed by atoms with Gasteiger partial charge in [-0.05, 0) is 19.9 Å². The van der Waals surface area contributed by atoms with Crippen LogP contribution in [0.25, 0.3) is 0 Å². The predicted octanol–water partition coefficient (Wildman–Crippen LogP) is -0.0681. The molecule has 0 aliphatic carbocycles. The summed E-state index contributed by atoms with van der Waals surface area (Å²) >= 11 is 0. The van der Waals surface area contributed by atoms with Gasteiger partial charge in [0.25, 0.3) is 0 Å². The highest BCUT2D eigenvalue weighted by Gasteiger charge is 2.12. The molecule has 3 nitrogen and oxygen atoms in total. The number of rotatable bonds is 4. The summed E-state index contributed by atoms with van der Waals surface area (Å²) in [5.41, 5.74) is 0. The Morgan fingerprint density at radius 1 is 1.70 bits per heavy atom. The zero-order valence-electron chi connectivity index (χ0n) is 6.52. The average Bonchev–Trinajstić information content (AvgIpc) is 2.41. The second-order valence-electron chi connectivity index (χ2n) is 2.53. The summed E-state index contributed by atoms with van der Waals surface area (Å²) in [4.78, 5) is 0. The van der Waals surface area contributed by atoms with Gasteiger partial charge in [-0.3, -0.25) is 5.32 Å². The second kappa shape index (κ2) is 4.66. The molecule has 1 aliphatic heterocycles. The Morgan fingerprint density at radius 3 is 3.20 bits per heavy atom. The first-order valence-corrected chi connectivity index (χ1v) is 3.95. The van der Waals surface area contributed by atoms with Crippen molar-refractivity contribution in [2.24, 2.45) is 0 Å². The van der Waals surface area contributed by atoms with Gasteiger partial charge in [-0.25, -0.2) is 0 Å². The standard InChI is InChI=1S/C7H16N2O/c1-2-10-6-9-7-3-4-8-5-7/h7-9H,2-6H2,1H3. The lowest BCUT2D eigenvalue weighted by Gasteiger charge is -2.09. The molecule has 0 radical (unpaired) electrons. The molecule has 0 aromatic carbocycles. The molecule has 1 fully saturated rings. The van der Waals surface area contributed by atoms with Crippen LogP contribution >= 0.6 is 0 Å². The monoisotopic (exact) mass is 144 g/mol. The summed E-state index contributed by atoms with van der Waals surface area (Å²) in [5, 5.41) is 6.58. The maximum absolute atomic E-state index is 5.16. The van der Waals surface area contributed by atoms with E-state index < -0.39 is 0 Å². The molecule has 1 unspecified atom stereocenters. The molecule has 0 bridgehead atoms. The fourth-order valence-electron chi connectivity index (χ4n) is 1.11. The molecule has 0 saturated carbocycles. The second-order valence-corrected chi connectivity index (χ2v) is 2.53. The van der Waals surface area contributed by atoms with Crippen LogP contribution in [0, 0.1) is 0 Å². The molecule has 3 heteroatoms. The van der Waals surface area contributed by atoms with Crippen LogP contribution in [-0.4, -0.2) is 32.5 Å². The summed E-state index contributed by atoms with van der Waals surface area (Å²) in [5.74, 6) is 0. The maximum Gasteiger partial charge on any atom is 0.0967 e. The van der Waals surface area contributed by atoms with Crippen molar-refractivity contribution in [2.45, 2.75) is 19.4 Å². The molecule has 0 aromatic rings. The van der Waals surface area contributed by atoms with E-state index in [4.69, 9.17) is 4.74 Å². The number of ether oxygens (including phenoxy) is 1. The van der Waals surface area contributed by atoms with E-state index in [-0.39, 0.29) is 0 Å². The third-order valence-corrected chi connectivity index (χ3v) is 1.74. The zero-order chi connectivity index (χ0) is 7.23. The highest BCUT2D eigenvalue weighted by Crippen LogP contribution is 1.95. The Balaban J connectivity index is 1.91. The molecule has 10 heavy (non-hydrogen) atoms. The molecular weight excluding hydrogens is 128 g/mol. The van der Waals surface area contributed by atoms with Crippen molar-refractivity contribution >= 4 is 0 Å². The van der Waals surface area contributed by atoms with Gasteiger partial charge < -0.3 is 10.1 Å². The van der Waals surface area contributed by atoms with Gasteiger partial charge in [0.2, 0.25) is 0 Å². The highest BCUT2D eigenvalue weighted by atomic mass is 16.5. The Kier molecular flexibility index (Phi) is 3.72. The fourth-order valence-corrected chi connectivity index (χ4v) is 1.11. The molecule has 0 aromatic heterocycles. The molecule has 0 amide bonds. The third kappa shape index (κ3) is 2.64. The summed E-state index contributed by atoms with van der Waals surface area (Å²) in [6.07, 6.45) is 1.23. The van der Waals surface area contributed by atoms with Gasteiger partial charge in [-0.15, -0.1) is 0 Å². The molecule has 1 saturated heterocycles. The van der Waals surface area contributed by atoms with Gasteiger partial charge in [0, 0.05) is 19.2 Å². The topological polar surface area (TPSA) is 33.3 Å². The van der Waals surface area contributed by atoms with Crippen molar-refractivity contribution in [3.63, 3.8) is 0 Å². The van der Waals surface area contributed by atoms with Crippen molar-refractivity contribution < 1.29 is 4.74 Å². The van der Waals surface area contributed by atoms with Gasteiger partial charge >= 0.3 is 0 Å². The van der Waals surface area contributed by atoms with Crippen molar-refractivity contribution in [1.29, 1.82) is 0 Å². The average molecular weight is 144 g/mol. The van der Waals surface area contributed by atoms with E-state index in [0.29, 0.717) is 12.8 Å². The van der Waals surface area contributed by atoms with Gasteiger partial charge in [-0.2, -0.15) is 0 Å². The molecule has 1 heterocycles. The lowest BCUT2D eigenvalue weighted by atomic mass is 10.3. The Hall–Kier alpha value is -0.120. The van der Waals surface area contributed by atoms with Crippen LogP contribution in [0.3, 0.4) is 0 Å².